The molecule has 0 atom stereocenters. The highest BCUT2D eigenvalue weighted by Crippen LogP contribution is 2.30. The standard InChI is InChI=1S/C16H15Cl2NOS/c17-12-5-4-11(10-13(12)18)14-6-7-15(20-14)16(21)19-8-2-1-3-9-19/h4-7,10H,1-3,8-9H2. The average Bonchev–Trinajstić information content (AvgIpc) is 3.00. The van der Waals surface area contributed by atoms with Crippen molar-refractivity contribution in [3.8, 4) is 11.3 Å². The Kier molecular flexibility index (Phi) is 4.53. The molecule has 0 amide bonds. The Morgan fingerprint density at radius 3 is 2.48 bits per heavy atom. The van der Waals surface area contributed by atoms with Gasteiger partial charge in [0.1, 0.15) is 10.7 Å². The van der Waals surface area contributed by atoms with Gasteiger partial charge in [0.05, 0.1) is 10.0 Å². The Morgan fingerprint density at radius 2 is 1.76 bits per heavy atom. The van der Waals surface area contributed by atoms with Gasteiger partial charge in [-0.05, 0) is 49.6 Å². The van der Waals surface area contributed by atoms with Crippen LogP contribution in [-0.4, -0.2) is 23.0 Å². The lowest BCUT2D eigenvalue weighted by molar-refractivity contribution is 0.342. The Morgan fingerprint density at radius 1 is 1.00 bits per heavy atom. The molecule has 2 aromatic rings. The normalized spacial score (nSPS) is 15.2. The van der Waals surface area contributed by atoms with Gasteiger partial charge in [0, 0.05) is 18.7 Å². The first-order chi connectivity index (χ1) is 10.1. The Labute approximate surface area is 139 Å². The number of likely N-dealkylation sites (tertiary alicyclic amines) is 1. The molecule has 0 N–H and O–H groups in total. The molecule has 2 nitrogen and oxygen atoms in total. The summed E-state index contributed by atoms with van der Waals surface area (Å²) in [5, 5.41) is 1.06. The third-order valence-corrected chi connectivity index (χ3v) is 4.86. The number of benzene rings is 1. The van der Waals surface area contributed by atoms with Crippen LogP contribution in [0.15, 0.2) is 34.7 Å². The monoisotopic (exact) mass is 339 g/mol. The van der Waals surface area contributed by atoms with E-state index < -0.39 is 0 Å². The van der Waals surface area contributed by atoms with Crippen molar-refractivity contribution in [2.75, 3.05) is 13.1 Å². The van der Waals surface area contributed by atoms with Crippen LogP contribution in [0.4, 0.5) is 0 Å². The molecule has 3 rings (SSSR count). The van der Waals surface area contributed by atoms with Gasteiger partial charge in [-0.1, -0.05) is 35.4 Å². The van der Waals surface area contributed by atoms with Crippen molar-refractivity contribution >= 4 is 40.4 Å². The maximum atomic E-state index is 6.05. The van der Waals surface area contributed by atoms with E-state index in [1.807, 2.05) is 18.2 Å². The van der Waals surface area contributed by atoms with E-state index in [0.29, 0.717) is 10.0 Å². The summed E-state index contributed by atoms with van der Waals surface area (Å²) in [4.78, 5) is 3.01. The number of hydrogen-bond acceptors (Lipinski definition) is 2. The molecule has 0 radical (unpaired) electrons. The first-order valence-corrected chi connectivity index (χ1v) is 8.16. The van der Waals surface area contributed by atoms with Gasteiger partial charge in [0.25, 0.3) is 0 Å². The molecule has 1 aliphatic heterocycles. The highest BCUT2D eigenvalue weighted by molar-refractivity contribution is 7.80. The topological polar surface area (TPSA) is 16.4 Å². The van der Waals surface area contributed by atoms with E-state index in [1.54, 1.807) is 12.1 Å². The van der Waals surface area contributed by atoms with E-state index in [-0.39, 0.29) is 0 Å². The molecular weight excluding hydrogens is 325 g/mol. The molecular formula is C16H15Cl2NOS. The smallest absolute Gasteiger partial charge is 0.162 e. The molecule has 2 heterocycles. The summed E-state index contributed by atoms with van der Waals surface area (Å²) in [6, 6.07) is 9.31. The van der Waals surface area contributed by atoms with Gasteiger partial charge in [-0.15, -0.1) is 0 Å². The predicted octanol–water partition coefficient (Wildman–Crippen LogP) is 5.41. The molecule has 110 valence electrons. The molecule has 5 heteroatoms. The lowest BCUT2D eigenvalue weighted by Crippen LogP contribution is -2.34. The minimum atomic E-state index is 0.519. The number of hydrogen-bond donors (Lipinski definition) is 0. The third kappa shape index (κ3) is 3.25. The maximum Gasteiger partial charge on any atom is 0.162 e. The zero-order valence-electron chi connectivity index (χ0n) is 11.4. The number of rotatable bonds is 2. The van der Waals surface area contributed by atoms with E-state index in [2.05, 4.69) is 4.90 Å². The third-order valence-electron chi connectivity index (χ3n) is 3.66. The van der Waals surface area contributed by atoms with Gasteiger partial charge in [0.2, 0.25) is 0 Å². The summed E-state index contributed by atoms with van der Waals surface area (Å²) < 4.78 is 5.89. The quantitative estimate of drug-likeness (QED) is 0.680. The first kappa shape index (κ1) is 14.9. The highest BCUT2D eigenvalue weighted by Gasteiger charge is 2.18. The van der Waals surface area contributed by atoms with Gasteiger partial charge in [0.15, 0.2) is 5.76 Å². The zero-order valence-corrected chi connectivity index (χ0v) is 13.8. The van der Waals surface area contributed by atoms with Gasteiger partial charge in [-0.3, -0.25) is 0 Å². The van der Waals surface area contributed by atoms with Crippen molar-refractivity contribution in [2.24, 2.45) is 0 Å². The van der Waals surface area contributed by atoms with Crippen molar-refractivity contribution in [1.82, 2.24) is 4.90 Å². The number of furan rings is 1. The fraction of sp³-hybridized carbons (Fsp3) is 0.312. The summed E-state index contributed by atoms with van der Waals surface area (Å²) in [7, 11) is 0. The van der Waals surface area contributed by atoms with Crippen LogP contribution in [0.1, 0.15) is 25.0 Å². The molecule has 1 aromatic carbocycles. The first-order valence-electron chi connectivity index (χ1n) is 7.00. The van der Waals surface area contributed by atoms with E-state index in [9.17, 15) is 0 Å². The second kappa shape index (κ2) is 6.39. The lowest BCUT2D eigenvalue weighted by Gasteiger charge is -2.27. The van der Waals surface area contributed by atoms with Crippen molar-refractivity contribution in [1.29, 1.82) is 0 Å². The fourth-order valence-corrected chi connectivity index (χ4v) is 3.10. The second-order valence-electron chi connectivity index (χ2n) is 5.15. The molecule has 0 aliphatic carbocycles. The summed E-state index contributed by atoms with van der Waals surface area (Å²) in [5.74, 6) is 1.50. The van der Waals surface area contributed by atoms with Crippen LogP contribution in [-0.2, 0) is 0 Å². The van der Waals surface area contributed by atoms with Gasteiger partial charge >= 0.3 is 0 Å². The summed E-state index contributed by atoms with van der Waals surface area (Å²) >= 11 is 17.5. The van der Waals surface area contributed by atoms with Crippen LogP contribution >= 0.6 is 35.4 Å². The zero-order chi connectivity index (χ0) is 14.8. The van der Waals surface area contributed by atoms with Crippen molar-refractivity contribution in [3.05, 3.63) is 46.1 Å². The minimum Gasteiger partial charge on any atom is -0.454 e. The Bertz CT molecular complexity index is 662. The van der Waals surface area contributed by atoms with Crippen molar-refractivity contribution < 1.29 is 4.42 Å². The molecule has 21 heavy (non-hydrogen) atoms. The van der Waals surface area contributed by atoms with E-state index in [1.165, 1.54) is 19.3 Å². The SMILES string of the molecule is S=C(c1ccc(-c2ccc(Cl)c(Cl)c2)o1)N1CCCCC1. The van der Waals surface area contributed by atoms with Gasteiger partial charge in [-0.2, -0.15) is 0 Å². The predicted molar refractivity (Wildman–Crippen MR) is 91.3 cm³/mol. The van der Waals surface area contributed by atoms with E-state index in [4.69, 9.17) is 39.8 Å². The van der Waals surface area contributed by atoms with Crippen LogP contribution in [0, 0.1) is 0 Å². The number of nitrogens with zero attached hydrogens (tertiary/aromatic N) is 1. The van der Waals surface area contributed by atoms with Gasteiger partial charge in [-0.25, -0.2) is 0 Å². The summed E-state index contributed by atoms with van der Waals surface area (Å²) in [5.41, 5.74) is 0.900. The number of piperidine rings is 1. The molecule has 0 unspecified atom stereocenters. The van der Waals surface area contributed by atoms with Crippen LogP contribution in [0.2, 0.25) is 10.0 Å². The van der Waals surface area contributed by atoms with E-state index in [0.717, 1.165) is 35.2 Å². The maximum absolute atomic E-state index is 6.05. The molecule has 0 bridgehead atoms. The molecule has 0 spiro atoms. The average molecular weight is 340 g/mol. The highest BCUT2D eigenvalue weighted by atomic mass is 35.5. The van der Waals surface area contributed by atoms with Crippen molar-refractivity contribution in [2.45, 2.75) is 19.3 Å². The molecule has 1 aliphatic rings. The summed E-state index contributed by atoms with van der Waals surface area (Å²) in [6.07, 6.45) is 3.67. The molecule has 1 saturated heterocycles. The van der Waals surface area contributed by atoms with Crippen LogP contribution in [0.3, 0.4) is 0 Å². The Balaban J connectivity index is 1.82. The van der Waals surface area contributed by atoms with Gasteiger partial charge < -0.3 is 9.32 Å². The van der Waals surface area contributed by atoms with Crippen LogP contribution in [0.5, 0.6) is 0 Å². The minimum absolute atomic E-state index is 0.519. The fourth-order valence-electron chi connectivity index (χ4n) is 2.51. The van der Waals surface area contributed by atoms with Crippen LogP contribution in [0.25, 0.3) is 11.3 Å². The molecule has 1 aromatic heterocycles. The lowest BCUT2D eigenvalue weighted by atomic mass is 10.1. The second-order valence-corrected chi connectivity index (χ2v) is 6.35. The summed E-state index contributed by atoms with van der Waals surface area (Å²) in [6.45, 7) is 2.03. The van der Waals surface area contributed by atoms with Crippen molar-refractivity contribution in [3.63, 3.8) is 0 Å². The van der Waals surface area contributed by atoms with Crippen LogP contribution < -0.4 is 0 Å². The number of thiocarbonyl (C=S) groups is 1. The number of halogens is 2. The molecule has 1 fully saturated rings. The van der Waals surface area contributed by atoms with E-state index >= 15 is 0 Å². The largest absolute Gasteiger partial charge is 0.454 e. The molecule has 0 saturated carbocycles. The Hall–Kier alpha value is -1.03.